The van der Waals surface area contributed by atoms with E-state index in [9.17, 15) is 8.42 Å². The molecule has 4 heteroatoms. The summed E-state index contributed by atoms with van der Waals surface area (Å²) in [6.45, 7) is 0. The highest BCUT2D eigenvalue weighted by molar-refractivity contribution is 7.86. The Bertz CT molecular complexity index is 189. The van der Waals surface area contributed by atoms with Crippen molar-refractivity contribution < 1.29 is 13.0 Å². The third-order valence-electron chi connectivity index (χ3n) is 1.58. The molecule has 0 heterocycles. The first-order valence-electron chi connectivity index (χ1n) is 3.22. The van der Waals surface area contributed by atoms with Crippen LogP contribution in [0.15, 0.2) is 0 Å². The van der Waals surface area contributed by atoms with Crippen LogP contribution in [0.1, 0.15) is 19.3 Å². The summed E-state index contributed by atoms with van der Waals surface area (Å²) in [5.74, 6) is 0. The summed E-state index contributed by atoms with van der Waals surface area (Å²) in [6, 6.07) is 0. The van der Waals surface area contributed by atoms with Crippen LogP contribution in [0.4, 0.5) is 0 Å². The molecule has 0 aliphatic heterocycles. The van der Waals surface area contributed by atoms with Gasteiger partial charge in [0.15, 0.2) is 0 Å². The Hall–Kier alpha value is -0.0900. The summed E-state index contributed by atoms with van der Waals surface area (Å²) < 4.78 is 29.5. The topological polar surface area (TPSA) is 54.4 Å². The van der Waals surface area contributed by atoms with Crippen molar-refractivity contribution >= 4 is 10.1 Å². The first kappa shape index (κ1) is 8.01. The van der Waals surface area contributed by atoms with E-state index in [4.69, 9.17) is 4.55 Å². The van der Waals surface area contributed by atoms with Gasteiger partial charge in [-0.25, -0.2) is 0 Å². The Morgan fingerprint density at radius 1 is 1.40 bits per heavy atom. The average molecular weight is 162 g/mol. The molecule has 1 aliphatic carbocycles. The fourth-order valence-corrected chi connectivity index (χ4v) is 1.78. The summed E-state index contributed by atoms with van der Waals surface area (Å²) in [4.78, 5) is 0. The molecule has 0 bridgehead atoms. The highest BCUT2D eigenvalue weighted by Crippen LogP contribution is 2.20. The molecule has 0 aromatic carbocycles. The van der Waals surface area contributed by atoms with E-state index in [0.717, 1.165) is 12.8 Å². The van der Waals surface area contributed by atoms with Crippen molar-refractivity contribution in [2.24, 2.45) is 0 Å². The van der Waals surface area contributed by atoms with E-state index in [2.05, 4.69) is 0 Å². The second kappa shape index (κ2) is 2.88. The van der Waals surface area contributed by atoms with Crippen LogP contribution in [-0.4, -0.2) is 18.2 Å². The zero-order chi connectivity index (χ0) is 7.61. The highest BCUT2D eigenvalue weighted by Gasteiger charge is 2.24. The van der Waals surface area contributed by atoms with Crippen LogP contribution < -0.4 is 0 Å². The highest BCUT2D eigenvalue weighted by atomic mass is 32.2. The lowest BCUT2D eigenvalue weighted by molar-refractivity contribution is 0.465. The Kier molecular flexibility index (Phi) is 2.31. The van der Waals surface area contributed by atoms with Crippen molar-refractivity contribution in [2.75, 3.05) is 0 Å². The lowest BCUT2D eigenvalue weighted by Crippen LogP contribution is -2.23. The second-order valence-electron chi connectivity index (χ2n) is 2.39. The van der Waals surface area contributed by atoms with Gasteiger partial charge in [0.25, 0.3) is 10.1 Å². The fourth-order valence-electron chi connectivity index (χ4n) is 1.02. The van der Waals surface area contributed by atoms with Gasteiger partial charge in [0.1, 0.15) is 0 Å². The molecule has 2 radical (unpaired) electrons. The zero-order valence-corrected chi connectivity index (χ0v) is 6.34. The average Bonchev–Trinajstić information content (AvgIpc) is 1.88. The van der Waals surface area contributed by atoms with Gasteiger partial charge in [0.2, 0.25) is 0 Å². The van der Waals surface area contributed by atoms with Crippen LogP contribution >= 0.6 is 0 Å². The summed E-state index contributed by atoms with van der Waals surface area (Å²) in [6.07, 6.45) is 5.67. The first-order chi connectivity index (χ1) is 4.61. The smallest absolute Gasteiger partial charge is 0.268 e. The zero-order valence-electron chi connectivity index (χ0n) is 5.53. The molecule has 1 unspecified atom stereocenters. The molecule has 0 spiro atoms. The molecule has 0 saturated heterocycles. The van der Waals surface area contributed by atoms with Crippen LogP contribution in [0.5, 0.6) is 0 Å². The molecular formula is C6H10O3S. The maximum atomic E-state index is 10.5. The largest absolute Gasteiger partial charge is 0.285 e. The van der Waals surface area contributed by atoms with Crippen LogP contribution in [0, 0.1) is 12.8 Å². The van der Waals surface area contributed by atoms with E-state index >= 15 is 0 Å². The van der Waals surface area contributed by atoms with E-state index in [1.807, 2.05) is 6.42 Å². The standard InChI is InChI=1S/C6H10O3S/c7-10(8,9)6-4-2-1-3-5-6/h2,5-6H,1,3-4H2,(H,7,8,9). The quantitative estimate of drug-likeness (QED) is 0.581. The third-order valence-corrected chi connectivity index (χ3v) is 2.73. The molecule has 1 fully saturated rings. The minimum Gasteiger partial charge on any atom is -0.285 e. The predicted octanol–water partition coefficient (Wildman–Crippen LogP) is 0.835. The Morgan fingerprint density at radius 3 is 2.40 bits per heavy atom. The van der Waals surface area contributed by atoms with Crippen LogP contribution in [0.25, 0.3) is 0 Å². The van der Waals surface area contributed by atoms with Crippen molar-refractivity contribution in [1.82, 2.24) is 0 Å². The van der Waals surface area contributed by atoms with Gasteiger partial charge in [0, 0.05) is 0 Å². The number of rotatable bonds is 1. The molecular weight excluding hydrogens is 152 g/mol. The van der Waals surface area contributed by atoms with E-state index < -0.39 is 15.4 Å². The Balaban J connectivity index is 2.56. The maximum absolute atomic E-state index is 10.5. The monoisotopic (exact) mass is 162 g/mol. The molecule has 1 saturated carbocycles. The summed E-state index contributed by atoms with van der Waals surface area (Å²) in [5.41, 5.74) is 0. The molecule has 10 heavy (non-hydrogen) atoms. The molecule has 3 nitrogen and oxygen atoms in total. The van der Waals surface area contributed by atoms with Crippen molar-refractivity contribution in [3.05, 3.63) is 12.8 Å². The molecule has 0 amide bonds. The molecule has 1 rings (SSSR count). The minimum absolute atomic E-state index is 0.457. The van der Waals surface area contributed by atoms with Gasteiger partial charge in [0.05, 0.1) is 5.25 Å². The Labute approximate surface area is 61.2 Å². The van der Waals surface area contributed by atoms with Crippen LogP contribution in [0.2, 0.25) is 0 Å². The molecule has 1 aliphatic rings. The second-order valence-corrected chi connectivity index (χ2v) is 4.03. The molecule has 0 aromatic heterocycles. The van der Waals surface area contributed by atoms with Crippen LogP contribution in [-0.2, 0) is 10.1 Å². The van der Waals surface area contributed by atoms with E-state index in [-0.39, 0.29) is 0 Å². The summed E-state index contributed by atoms with van der Waals surface area (Å²) in [7, 11) is -3.81. The van der Waals surface area contributed by atoms with Crippen molar-refractivity contribution in [3.8, 4) is 0 Å². The van der Waals surface area contributed by atoms with Crippen molar-refractivity contribution in [2.45, 2.75) is 24.5 Å². The number of hydrogen-bond donors (Lipinski definition) is 1. The maximum Gasteiger partial charge on any atom is 0.268 e. The molecule has 1 atom stereocenters. The predicted molar refractivity (Wildman–Crippen MR) is 37.8 cm³/mol. The SMILES string of the molecule is O=S(=O)(O)C1[CH]CC[CH]C1. The molecule has 58 valence electrons. The first-order valence-corrected chi connectivity index (χ1v) is 4.72. The van der Waals surface area contributed by atoms with Gasteiger partial charge < -0.3 is 0 Å². The normalized spacial score (nSPS) is 22.9. The lowest BCUT2D eigenvalue weighted by Gasteiger charge is -2.17. The van der Waals surface area contributed by atoms with Crippen molar-refractivity contribution in [3.63, 3.8) is 0 Å². The lowest BCUT2D eigenvalue weighted by atomic mass is 10.0. The van der Waals surface area contributed by atoms with Gasteiger partial charge in [-0.15, -0.1) is 0 Å². The van der Waals surface area contributed by atoms with Gasteiger partial charge in [-0.1, -0.05) is 0 Å². The van der Waals surface area contributed by atoms with Gasteiger partial charge >= 0.3 is 0 Å². The number of hydrogen-bond acceptors (Lipinski definition) is 2. The van der Waals surface area contributed by atoms with Gasteiger partial charge in [-0.3, -0.25) is 4.55 Å². The van der Waals surface area contributed by atoms with Gasteiger partial charge in [-0.05, 0) is 32.1 Å². The molecule has 0 aromatic rings. The fraction of sp³-hybridized carbons (Fsp3) is 0.667. The summed E-state index contributed by atoms with van der Waals surface area (Å²) in [5, 5.41) is -0.652. The van der Waals surface area contributed by atoms with Gasteiger partial charge in [-0.2, -0.15) is 8.42 Å². The Morgan fingerprint density at radius 2 is 2.10 bits per heavy atom. The third kappa shape index (κ3) is 1.95. The minimum atomic E-state index is -3.81. The molecule has 1 N–H and O–H groups in total. The van der Waals surface area contributed by atoms with Crippen LogP contribution in [0.3, 0.4) is 0 Å². The van der Waals surface area contributed by atoms with E-state index in [0.29, 0.717) is 6.42 Å². The summed E-state index contributed by atoms with van der Waals surface area (Å²) >= 11 is 0. The van der Waals surface area contributed by atoms with E-state index in [1.54, 1.807) is 6.42 Å². The van der Waals surface area contributed by atoms with E-state index in [1.165, 1.54) is 0 Å². The van der Waals surface area contributed by atoms with Crippen molar-refractivity contribution in [1.29, 1.82) is 0 Å².